The maximum Gasteiger partial charge on any atom is 0.0206 e. The van der Waals surface area contributed by atoms with Crippen molar-refractivity contribution in [3.63, 3.8) is 0 Å². The molecule has 1 aliphatic rings. The molecule has 2 rings (SSSR count). The molecule has 0 amide bonds. The minimum Gasteiger partial charge on any atom is -0.311 e. The molecule has 1 saturated heterocycles. The molecular weight excluding hydrogens is 196 g/mol. The summed E-state index contributed by atoms with van der Waals surface area (Å²) in [4.78, 5) is 0. The van der Waals surface area contributed by atoms with E-state index in [1.165, 1.54) is 24.8 Å². The second-order valence-electron chi connectivity index (χ2n) is 4.81. The molecule has 1 aliphatic heterocycles. The van der Waals surface area contributed by atoms with Crippen molar-refractivity contribution < 1.29 is 0 Å². The molecule has 16 heavy (non-hydrogen) atoms. The van der Waals surface area contributed by atoms with Gasteiger partial charge >= 0.3 is 0 Å². The van der Waals surface area contributed by atoms with Gasteiger partial charge in [-0.05, 0) is 25.3 Å². The lowest BCUT2D eigenvalue weighted by molar-refractivity contribution is 0.324. The highest BCUT2D eigenvalue weighted by Crippen LogP contribution is 2.11. The molecule has 0 bridgehead atoms. The van der Waals surface area contributed by atoms with Gasteiger partial charge in [0.1, 0.15) is 0 Å². The Labute approximate surface area is 98.4 Å². The third-order valence-corrected chi connectivity index (χ3v) is 3.27. The van der Waals surface area contributed by atoms with Crippen molar-refractivity contribution >= 4 is 0 Å². The zero-order valence-corrected chi connectivity index (χ0v) is 10.1. The maximum atomic E-state index is 3.64. The van der Waals surface area contributed by atoms with Crippen LogP contribution >= 0.6 is 0 Å². The van der Waals surface area contributed by atoms with Crippen molar-refractivity contribution in [3.8, 4) is 0 Å². The number of benzene rings is 1. The molecule has 0 radical (unpaired) electrons. The summed E-state index contributed by atoms with van der Waals surface area (Å²) in [7, 11) is 0. The van der Waals surface area contributed by atoms with Crippen molar-refractivity contribution in [1.29, 1.82) is 0 Å². The summed E-state index contributed by atoms with van der Waals surface area (Å²) in [6.45, 7) is 4.34. The lowest BCUT2D eigenvalue weighted by atomic mass is 9.99. The van der Waals surface area contributed by atoms with E-state index in [1.54, 1.807) is 0 Å². The lowest BCUT2D eigenvalue weighted by Gasteiger charge is -2.29. The Balaban J connectivity index is 1.68. The molecule has 2 atom stereocenters. The average Bonchev–Trinajstić information content (AvgIpc) is 2.30. The van der Waals surface area contributed by atoms with Gasteiger partial charge < -0.3 is 10.6 Å². The van der Waals surface area contributed by atoms with Crippen molar-refractivity contribution in [2.75, 3.05) is 6.54 Å². The number of hydrogen-bond acceptors (Lipinski definition) is 2. The van der Waals surface area contributed by atoms with Crippen molar-refractivity contribution in [2.24, 2.45) is 0 Å². The van der Waals surface area contributed by atoms with E-state index in [4.69, 9.17) is 0 Å². The molecule has 2 unspecified atom stereocenters. The van der Waals surface area contributed by atoms with Crippen LogP contribution in [0, 0.1) is 0 Å². The molecular formula is C14H22N2. The summed E-state index contributed by atoms with van der Waals surface area (Å²) in [5.74, 6) is 0. The Morgan fingerprint density at radius 1 is 1.25 bits per heavy atom. The Kier molecular flexibility index (Phi) is 4.37. The first-order valence-corrected chi connectivity index (χ1v) is 6.35. The molecule has 2 N–H and O–H groups in total. The Hall–Kier alpha value is -0.860. The quantitative estimate of drug-likeness (QED) is 0.810. The first-order chi connectivity index (χ1) is 7.84. The van der Waals surface area contributed by atoms with Crippen LogP contribution in [0.4, 0.5) is 0 Å². The van der Waals surface area contributed by atoms with E-state index in [1.807, 2.05) is 0 Å². The van der Waals surface area contributed by atoms with Gasteiger partial charge in [-0.3, -0.25) is 0 Å². The van der Waals surface area contributed by atoms with E-state index in [2.05, 4.69) is 47.9 Å². The first kappa shape index (κ1) is 11.6. The minimum absolute atomic E-state index is 0.660. The summed E-state index contributed by atoms with van der Waals surface area (Å²) in [6, 6.07) is 11.9. The highest BCUT2D eigenvalue weighted by molar-refractivity contribution is 5.14. The van der Waals surface area contributed by atoms with Gasteiger partial charge in [0.05, 0.1) is 0 Å². The van der Waals surface area contributed by atoms with Gasteiger partial charge in [-0.2, -0.15) is 0 Å². The van der Waals surface area contributed by atoms with E-state index < -0.39 is 0 Å². The molecule has 1 aromatic rings. The highest BCUT2D eigenvalue weighted by Gasteiger charge is 2.16. The fraction of sp³-hybridized carbons (Fsp3) is 0.571. The predicted molar refractivity (Wildman–Crippen MR) is 68.4 cm³/mol. The number of hydrogen-bond donors (Lipinski definition) is 2. The zero-order chi connectivity index (χ0) is 11.2. The van der Waals surface area contributed by atoms with Gasteiger partial charge in [0.15, 0.2) is 0 Å². The first-order valence-electron chi connectivity index (χ1n) is 6.35. The molecule has 0 saturated carbocycles. The van der Waals surface area contributed by atoms with E-state index >= 15 is 0 Å². The van der Waals surface area contributed by atoms with E-state index in [-0.39, 0.29) is 0 Å². The molecule has 1 aromatic carbocycles. The standard InChI is InChI=1S/C14H22N2/c1-12-6-5-9-14(16-12)11-15-10-13-7-3-2-4-8-13/h2-4,7-8,12,14-16H,5-6,9-11H2,1H3. The van der Waals surface area contributed by atoms with Crippen molar-refractivity contribution in [2.45, 2.75) is 44.8 Å². The number of nitrogens with one attached hydrogen (secondary N) is 2. The normalized spacial score (nSPS) is 25.6. The SMILES string of the molecule is CC1CCCC(CNCc2ccccc2)N1. The molecule has 2 heteroatoms. The summed E-state index contributed by atoms with van der Waals surface area (Å²) in [6.07, 6.45) is 4.01. The zero-order valence-electron chi connectivity index (χ0n) is 10.1. The summed E-state index contributed by atoms with van der Waals surface area (Å²) in [5.41, 5.74) is 1.37. The monoisotopic (exact) mass is 218 g/mol. The molecule has 0 aromatic heterocycles. The molecule has 1 heterocycles. The Bertz CT molecular complexity index is 297. The maximum absolute atomic E-state index is 3.64. The third kappa shape index (κ3) is 3.62. The van der Waals surface area contributed by atoms with Crippen LogP contribution in [0.25, 0.3) is 0 Å². The van der Waals surface area contributed by atoms with E-state index in [0.717, 1.165) is 13.1 Å². The van der Waals surface area contributed by atoms with Crippen LogP contribution in [0.3, 0.4) is 0 Å². The molecule has 0 aliphatic carbocycles. The van der Waals surface area contributed by atoms with Crippen LogP contribution in [0.1, 0.15) is 31.7 Å². The Morgan fingerprint density at radius 3 is 2.81 bits per heavy atom. The van der Waals surface area contributed by atoms with Crippen LogP contribution < -0.4 is 10.6 Å². The molecule has 0 spiro atoms. The van der Waals surface area contributed by atoms with Gasteiger partial charge in [0.2, 0.25) is 0 Å². The number of rotatable bonds is 4. The molecule has 2 nitrogen and oxygen atoms in total. The summed E-state index contributed by atoms with van der Waals surface area (Å²) in [5, 5.41) is 7.17. The largest absolute Gasteiger partial charge is 0.311 e. The van der Waals surface area contributed by atoms with Crippen molar-refractivity contribution in [3.05, 3.63) is 35.9 Å². The van der Waals surface area contributed by atoms with Gasteiger partial charge in [-0.15, -0.1) is 0 Å². The summed E-state index contributed by atoms with van der Waals surface area (Å²) >= 11 is 0. The molecule has 88 valence electrons. The second-order valence-corrected chi connectivity index (χ2v) is 4.81. The fourth-order valence-corrected chi connectivity index (χ4v) is 2.39. The van der Waals surface area contributed by atoms with Crippen LogP contribution in [-0.4, -0.2) is 18.6 Å². The van der Waals surface area contributed by atoms with Crippen LogP contribution in [-0.2, 0) is 6.54 Å². The van der Waals surface area contributed by atoms with Crippen LogP contribution in [0.15, 0.2) is 30.3 Å². The third-order valence-electron chi connectivity index (χ3n) is 3.27. The van der Waals surface area contributed by atoms with Crippen LogP contribution in [0.5, 0.6) is 0 Å². The summed E-state index contributed by atoms with van der Waals surface area (Å²) < 4.78 is 0. The smallest absolute Gasteiger partial charge is 0.0206 e. The lowest BCUT2D eigenvalue weighted by Crippen LogP contribution is -2.45. The van der Waals surface area contributed by atoms with Gasteiger partial charge in [-0.1, -0.05) is 36.8 Å². The van der Waals surface area contributed by atoms with Gasteiger partial charge in [0, 0.05) is 25.2 Å². The number of piperidine rings is 1. The van der Waals surface area contributed by atoms with Gasteiger partial charge in [-0.25, -0.2) is 0 Å². The fourth-order valence-electron chi connectivity index (χ4n) is 2.39. The second kappa shape index (κ2) is 6.02. The van der Waals surface area contributed by atoms with E-state index in [9.17, 15) is 0 Å². The Morgan fingerprint density at radius 2 is 2.06 bits per heavy atom. The average molecular weight is 218 g/mol. The van der Waals surface area contributed by atoms with Gasteiger partial charge in [0.25, 0.3) is 0 Å². The highest BCUT2D eigenvalue weighted by atomic mass is 15.0. The van der Waals surface area contributed by atoms with Crippen LogP contribution in [0.2, 0.25) is 0 Å². The topological polar surface area (TPSA) is 24.1 Å². The van der Waals surface area contributed by atoms with E-state index in [0.29, 0.717) is 12.1 Å². The molecule has 1 fully saturated rings. The predicted octanol–water partition coefficient (Wildman–Crippen LogP) is 2.31. The minimum atomic E-state index is 0.660. The van der Waals surface area contributed by atoms with Crippen molar-refractivity contribution in [1.82, 2.24) is 10.6 Å².